The SMILES string of the molecule is CNCC(=O)c1ccc(O)c(OCC(=O)c2ccc(O)c(O)c2)c1. The van der Waals surface area contributed by atoms with Crippen LogP contribution in [0.2, 0.25) is 0 Å². The third-order valence-electron chi connectivity index (χ3n) is 3.28. The van der Waals surface area contributed by atoms with Crippen LogP contribution in [-0.4, -0.2) is 47.1 Å². The quantitative estimate of drug-likeness (QED) is 0.448. The lowest BCUT2D eigenvalue weighted by molar-refractivity contribution is 0.0919. The number of benzene rings is 2. The molecule has 2 aromatic rings. The van der Waals surface area contributed by atoms with E-state index in [9.17, 15) is 24.9 Å². The van der Waals surface area contributed by atoms with Gasteiger partial charge in [0.1, 0.15) is 0 Å². The van der Waals surface area contributed by atoms with E-state index < -0.39 is 18.1 Å². The van der Waals surface area contributed by atoms with E-state index in [1.165, 1.54) is 30.3 Å². The maximum Gasteiger partial charge on any atom is 0.200 e. The van der Waals surface area contributed by atoms with Crippen molar-refractivity contribution in [3.63, 3.8) is 0 Å². The molecule has 0 spiro atoms. The summed E-state index contributed by atoms with van der Waals surface area (Å²) in [5, 5.41) is 31.1. The number of ether oxygens (including phenoxy) is 1. The van der Waals surface area contributed by atoms with Crippen LogP contribution < -0.4 is 10.1 Å². The van der Waals surface area contributed by atoms with E-state index in [1.807, 2.05) is 0 Å². The smallest absolute Gasteiger partial charge is 0.200 e. The summed E-state index contributed by atoms with van der Waals surface area (Å²) in [7, 11) is 1.64. The first-order valence-corrected chi connectivity index (χ1v) is 7.11. The van der Waals surface area contributed by atoms with Crippen molar-refractivity contribution in [3.05, 3.63) is 47.5 Å². The van der Waals surface area contributed by atoms with Gasteiger partial charge in [-0.1, -0.05) is 0 Å². The van der Waals surface area contributed by atoms with E-state index >= 15 is 0 Å². The molecule has 0 fully saturated rings. The van der Waals surface area contributed by atoms with Gasteiger partial charge >= 0.3 is 0 Å². The summed E-state index contributed by atoms with van der Waals surface area (Å²) in [5.41, 5.74) is 0.485. The Kier molecular flexibility index (Phi) is 5.39. The molecule has 0 saturated carbocycles. The zero-order valence-corrected chi connectivity index (χ0v) is 12.9. The van der Waals surface area contributed by atoms with E-state index in [0.29, 0.717) is 5.56 Å². The molecule has 0 aliphatic carbocycles. The van der Waals surface area contributed by atoms with E-state index in [4.69, 9.17) is 4.74 Å². The Labute approximate surface area is 138 Å². The van der Waals surface area contributed by atoms with Crippen molar-refractivity contribution in [1.82, 2.24) is 5.32 Å². The highest BCUT2D eigenvalue weighted by Gasteiger charge is 2.13. The topological polar surface area (TPSA) is 116 Å². The number of phenols is 3. The van der Waals surface area contributed by atoms with E-state index in [-0.39, 0.29) is 35.1 Å². The highest BCUT2D eigenvalue weighted by Crippen LogP contribution is 2.28. The van der Waals surface area contributed by atoms with Crippen LogP contribution in [0.3, 0.4) is 0 Å². The third-order valence-corrected chi connectivity index (χ3v) is 3.28. The molecule has 0 aliphatic rings. The van der Waals surface area contributed by atoms with Crippen LogP contribution in [-0.2, 0) is 0 Å². The summed E-state index contributed by atoms with van der Waals surface area (Å²) in [6.07, 6.45) is 0. The van der Waals surface area contributed by atoms with Crippen molar-refractivity contribution in [2.24, 2.45) is 0 Å². The molecule has 4 N–H and O–H groups in total. The van der Waals surface area contributed by atoms with Gasteiger partial charge in [-0.05, 0) is 43.4 Å². The minimum Gasteiger partial charge on any atom is -0.504 e. The van der Waals surface area contributed by atoms with Gasteiger partial charge in [0.15, 0.2) is 41.2 Å². The molecule has 0 heterocycles. The summed E-state index contributed by atoms with van der Waals surface area (Å²) in [6, 6.07) is 7.78. The minimum absolute atomic E-state index is 0.00769. The molecule has 7 nitrogen and oxygen atoms in total. The molecular weight excluding hydrogens is 314 g/mol. The van der Waals surface area contributed by atoms with Gasteiger partial charge in [-0.2, -0.15) is 0 Å². The first-order valence-electron chi connectivity index (χ1n) is 7.11. The second kappa shape index (κ2) is 7.47. The average Bonchev–Trinajstić information content (AvgIpc) is 2.56. The number of hydrogen-bond donors (Lipinski definition) is 4. The Morgan fingerprint density at radius 2 is 1.54 bits per heavy atom. The number of phenolic OH excluding ortho intramolecular Hbond substituents is 3. The van der Waals surface area contributed by atoms with Gasteiger partial charge in [-0.3, -0.25) is 9.59 Å². The van der Waals surface area contributed by atoms with Crippen molar-refractivity contribution in [3.8, 4) is 23.0 Å². The number of Topliss-reactive ketones (excluding diaryl/α,β-unsaturated/α-hetero) is 2. The standard InChI is InChI=1S/C17H17NO6/c1-18-8-15(22)11-3-5-13(20)17(7-11)24-9-16(23)10-2-4-12(19)14(21)6-10/h2-7,18-21H,8-9H2,1H3. The molecule has 7 heteroatoms. The summed E-state index contributed by atoms with van der Waals surface area (Å²) < 4.78 is 5.28. The zero-order valence-electron chi connectivity index (χ0n) is 12.9. The zero-order chi connectivity index (χ0) is 17.7. The molecule has 2 aromatic carbocycles. The van der Waals surface area contributed by atoms with Gasteiger partial charge in [-0.25, -0.2) is 0 Å². The number of carbonyl (C=O) groups is 2. The lowest BCUT2D eigenvalue weighted by Gasteiger charge is -2.09. The van der Waals surface area contributed by atoms with Crippen LogP contribution >= 0.6 is 0 Å². The fourth-order valence-electron chi connectivity index (χ4n) is 1.99. The monoisotopic (exact) mass is 331 g/mol. The molecule has 0 aliphatic heterocycles. The number of carbonyl (C=O) groups excluding carboxylic acids is 2. The van der Waals surface area contributed by atoms with Gasteiger partial charge in [0.05, 0.1) is 6.54 Å². The van der Waals surface area contributed by atoms with Gasteiger partial charge in [0, 0.05) is 11.1 Å². The Hall–Kier alpha value is -3.06. The fraction of sp³-hybridized carbons (Fsp3) is 0.176. The molecule has 0 aromatic heterocycles. The second-order valence-corrected chi connectivity index (χ2v) is 5.05. The first kappa shape index (κ1) is 17.3. The first-order chi connectivity index (χ1) is 11.4. The van der Waals surface area contributed by atoms with Crippen LogP contribution in [0.5, 0.6) is 23.0 Å². The van der Waals surface area contributed by atoms with Gasteiger partial charge in [-0.15, -0.1) is 0 Å². The van der Waals surface area contributed by atoms with Crippen LogP contribution in [0, 0.1) is 0 Å². The number of nitrogens with one attached hydrogen (secondary N) is 1. The van der Waals surface area contributed by atoms with Crippen molar-refractivity contribution in [1.29, 1.82) is 0 Å². The molecule has 0 amide bonds. The number of rotatable bonds is 7. The number of aromatic hydroxyl groups is 3. The highest BCUT2D eigenvalue weighted by molar-refractivity contribution is 5.99. The molecule has 24 heavy (non-hydrogen) atoms. The van der Waals surface area contributed by atoms with Crippen LogP contribution in [0.1, 0.15) is 20.7 Å². The molecule has 0 unspecified atom stereocenters. The van der Waals surface area contributed by atoms with Crippen molar-refractivity contribution >= 4 is 11.6 Å². The molecule has 2 rings (SSSR count). The lowest BCUT2D eigenvalue weighted by atomic mass is 10.1. The van der Waals surface area contributed by atoms with Gasteiger partial charge in [0.2, 0.25) is 0 Å². The normalized spacial score (nSPS) is 10.4. The Morgan fingerprint density at radius 3 is 2.17 bits per heavy atom. The molecule has 0 radical (unpaired) electrons. The van der Waals surface area contributed by atoms with Crippen molar-refractivity contribution in [2.75, 3.05) is 20.2 Å². The number of hydrogen-bond acceptors (Lipinski definition) is 7. The van der Waals surface area contributed by atoms with E-state index in [0.717, 1.165) is 6.07 Å². The van der Waals surface area contributed by atoms with E-state index in [2.05, 4.69) is 5.32 Å². The Bertz CT molecular complexity index is 772. The summed E-state index contributed by atoms with van der Waals surface area (Å²) in [4.78, 5) is 23.9. The largest absolute Gasteiger partial charge is 0.504 e. The molecule has 126 valence electrons. The van der Waals surface area contributed by atoms with Crippen molar-refractivity contribution in [2.45, 2.75) is 0 Å². The van der Waals surface area contributed by atoms with Crippen LogP contribution in [0.25, 0.3) is 0 Å². The molecule has 0 saturated heterocycles. The lowest BCUT2D eigenvalue weighted by Crippen LogP contribution is -2.18. The number of ketones is 2. The predicted octanol–water partition coefficient (Wildman–Crippen LogP) is 1.47. The van der Waals surface area contributed by atoms with Crippen LogP contribution in [0.4, 0.5) is 0 Å². The highest BCUT2D eigenvalue weighted by atomic mass is 16.5. The summed E-state index contributed by atoms with van der Waals surface area (Å²) in [5.74, 6) is -1.58. The maximum atomic E-state index is 12.0. The molecular formula is C17H17NO6. The van der Waals surface area contributed by atoms with Gasteiger partial charge < -0.3 is 25.4 Å². The predicted molar refractivity (Wildman–Crippen MR) is 86.0 cm³/mol. The average molecular weight is 331 g/mol. The Balaban J connectivity index is 2.10. The fourth-order valence-corrected chi connectivity index (χ4v) is 1.99. The minimum atomic E-state index is -0.461. The van der Waals surface area contributed by atoms with Crippen molar-refractivity contribution < 1.29 is 29.6 Å². The van der Waals surface area contributed by atoms with Crippen LogP contribution in [0.15, 0.2) is 36.4 Å². The van der Waals surface area contributed by atoms with E-state index in [1.54, 1.807) is 7.05 Å². The summed E-state index contributed by atoms with van der Waals surface area (Å²) in [6.45, 7) is -0.266. The molecule has 0 atom stereocenters. The maximum absolute atomic E-state index is 12.0. The molecule has 0 bridgehead atoms. The Morgan fingerprint density at radius 1 is 0.917 bits per heavy atom. The van der Waals surface area contributed by atoms with Gasteiger partial charge in [0.25, 0.3) is 0 Å². The second-order valence-electron chi connectivity index (χ2n) is 5.05. The third kappa shape index (κ3) is 4.02. The summed E-state index contributed by atoms with van der Waals surface area (Å²) >= 11 is 0. The number of likely N-dealkylation sites (N-methyl/N-ethyl adjacent to an activating group) is 1.